The molecule has 1 aromatic carbocycles. The largest absolute Gasteiger partial charge is 0.489 e. The summed E-state index contributed by atoms with van der Waals surface area (Å²) in [5, 5.41) is 16.2. The number of likely N-dealkylation sites (N-methyl/N-ethyl adjacent to an activating group) is 2. The summed E-state index contributed by atoms with van der Waals surface area (Å²) < 4.78 is 5.85. The van der Waals surface area contributed by atoms with E-state index in [1.54, 1.807) is 18.1 Å². The number of aliphatic hydroxyl groups is 1. The van der Waals surface area contributed by atoms with Gasteiger partial charge in [0.2, 0.25) is 11.9 Å². The van der Waals surface area contributed by atoms with Gasteiger partial charge in [-0.2, -0.15) is 4.98 Å². The zero-order valence-electron chi connectivity index (χ0n) is 22.7. The number of anilines is 5. The van der Waals surface area contributed by atoms with Crippen molar-refractivity contribution in [2.75, 3.05) is 86.6 Å². The Hall–Kier alpha value is -3.15. The van der Waals surface area contributed by atoms with Crippen LogP contribution in [-0.2, 0) is 4.79 Å². The molecular formula is C27H40N8O3. The smallest absolute Gasteiger partial charge is 0.249 e. The van der Waals surface area contributed by atoms with Crippen LogP contribution in [0.2, 0.25) is 0 Å². The molecule has 2 aromatic rings. The number of benzene rings is 1. The summed E-state index contributed by atoms with van der Waals surface area (Å²) in [6.07, 6.45) is 4.38. The van der Waals surface area contributed by atoms with Crippen molar-refractivity contribution in [1.29, 1.82) is 0 Å². The summed E-state index contributed by atoms with van der Waals surface area (Å²) in [7, 11) is 3.95. The predicted octanol–water partition coefficient (Wildman–Crippen LogP) is 1.66. The average molecular weight is 525 g/mol. The Balaban J connectivity index is 1.48. The first-order valence-corrected chi connectivity index (χ1v) is 13.7. The van der Waals surface area contributed by atoms with Gasteiger partial charge in [-0.15, -0.1) is 0 Å². The van der Waals surface area contributed by atoms with Gasteiger partial charge in [-0.1, -0.05) is 6.92 Å². The fraction of sp³-hybridized carbons (Fsp3) is 0.593. The van der Waals surface area contributed by atoms with Crippen LogP contribution >= 0.6 is 0 Å². The number of nitrogens with one attached hydrogen (secondary N) is 2. The minimum atomic E-state index is -0.248. The second kappa shape index (κ2) is 11.7. The lowest BCUT2D eigenvalue weighted by molar-refractivity contribution is -0.120. The van der Waals surface area contributed by atoms with E-state index in [1.807, 2.05) is 6.07 Å². The third-order valence-electron chi connectivity index (χ3n) is 7.82. The molecule has 1 aromatic heterocycles. The number of ether oxygens (including phenoxy) is 1. The standard InChI is InChI=1S/C27H40N8O3/c1-4-22-26(37)33(3)23-18-29-27(31-25(23)35(22)19-7-9-28-10-8-19)30-21-17-20(5-6-24(21)38-16-15-36)34-13-11-32(2)12-14-34/h5-6,17-19,22,28,36H,4,7-16H2,1-3H3,(H,29,30,31)/t22-/m1/s1. The van der Waals surface area contributed by atoms with E-state index in [0.29, 0.717) is 18.1 Å². The van der Waals surface area contributed by atoms with Gasteiger partial charge in [-0.25, -0.2) is 4.98 Å². The highest BCUT2D eigenvalue weighted by Gasteiger charge is 2.40. The van der Waals surface area contributed by atoms with Crippen LogP contribution in [0, 0.1) is 0 Å². The number of piperazine rings is 1. The van der Waals surface area contributed by atoms with E-state index in [2.05, 4.69) is 56.4 Å². The van der Waals surface area contributed by atoms with Gasteiger partial charge in [0.25, 0.3) is 0 Å². The fourth-order valence-electron chi connectivity index (χ4n) is 5.62. The van der Waals surface area contributed by atoms with Crippen LogP contribution < -0.4 is 30.1 Å². The van der Waals surface area contributed by atoms with Gasteiger partial charge < -0.3 is 40.1 Å². The van der Waals surface area contributed by atoms with Crippen LogP contribution in [0.4, 0.5) is 28.8 Å². The fourth-order valence-corrected chi connectivity index (χ4v) is 5.62. The molecule has 0 bridgehead atoms. The first-order valence-electron chi connectivity index (χ1n) is 13.7. The normalized spacial score (nSPS) is 21.0. The molecule has 38 heavy (non-hydrogen) atoms. The molecule has 0 spiro atoms. The number of amides is 1. The third kappa shape index (κ3) is 5.36. The molecule has 1 atom stereocenters. The molecule has 5 rings (SSSR count). The van der Waals surface area contributed by atoms with Gasteiger partial charge in [0, 0.05) is 45.0 Å². The van der Waals surface area contributed by atoms with Crippen molar-refractivity contribution < 1.29 is 14.6 Å². The lowest BCUT2D eigenvalue weighted by Gasteiger charge is -2.45. The van der Waals surface area contributed by atoms with Crippen molar-refractivity contribution in [3.05, 3.63) is 24.4 Å². The maximum absolute atomic E-state index is 13.3. The SMILES string of the molecule is CC[C@@H]1C(=O)N(C)c2cnc(Nc3cc(N4CCN(C)CC4)ccc3OCCO)nc2N1C1CCNCC1. The van der Waals surface area contributed by atoms with Crippen LogP contribution in [0.1, 0.15) is 26.2 Å². The molecular weight excluding hydrogens is 484 g/mol. The molecule has 206 valence electrons. The number of aromatic nitrogens is 2. The van der Waals surface area contributed by atoms with Crippen LogP contribution in [-0.4, -0.2) is 105 Å². The van der Waals surface area contributed by atoms with Crippen LogP contribution in [0.5, 0.6) is 5.75 Å². The van der Waals surface area contributed by atoms with Gasteiger partial charge in [0.05, 0.1) is 18.5 Å². The van der Waals surface area contributed by atoms with Crippen LogP contribution in [0.3, 0.4) is 0 Å². The summed E-state index contributed by atoms with van der Waals surface area (Å²) in [4.78, 5) is 31.4. The van der Waals surface area contributed by atoms with Gasteiger partial charge in [0.15, 0.2) is 5.82 Å². The summed E-state index contributed by atoms with van der Waals surface area (Å²) in [6, 6.07) is 6.05. The van der Waals surface area contributed by atoms with Gasteiger partial charge in [-0.3, -0.25) is 4.79 Å². The quantitative estimate of drug-likeness (QED) is 0.472. The third-order valence-corrected chi connectivity index (χ3v) is 7.82. The molecule has 2 fully saturated rings. The van der Waals surface area contributed by atoms with E-state index < -0.39 is 0 Å². The second-order valence-electron chi connectivity index (χ2n) is 10.3. The number of rotatable bonds is 8. The number of carbonyl (C=O) groups is 1. The van der Waals surface area contributed by atoms with E-state index in [4.69, 9.17) is 9.72 Å². The minimum Gasteiger partial charge on any atom is -0.489 e. The Labute approximate surface area is 224 Å². The van der Waals surface area contributed by atoms with Crippen molar-refractivity contribution >= 4 is 34.7 Å². The molecule has 0 aliphatic carbocycles. The Morgan fingerprint density at radius 1 is 1.16 bits per heavy atom. The number of hydrogen-bond acceptors (Lipinski definition) is 10. The molecule has 11 heteroatoms. The maximum atomic E-state index is 13.3. The van der Waals surface area contributed by atoms with Crippen molar-refractivity contribution in [2.24, 2.45) is 0 Å². The summed E-state index contributed by atoms with van der Waals surface area (Å²) in [6.45, 7) is 7.97. The zero-order valence-corrected chi connectivity index (χ0v) is 22.7. The molecule has 3 N–H and O–H groups in total. The van der Waals surface area contributed by atoms with E-state index in [0.717, 1.165) is 75.0 Å². The summed E-state index contributed by atoms with van der Waals surface area (Å²) in [5.41, 5.74) is 2.57. The Morgan fingerprint density at radius 2 is 1.92 bits per heavy atom. The van der Waals surface area contributed by atoms with Gasteiger partial charge in [0.1, 0.15) is 24.1 Å². The number of carbonyl (C=O) groups excluding carboxylic acids is 1. The second-order valence-corrected chi connectivity index (χ2v) is 10.3. The predicted molar refractivity (Wildman–Crippen MR) is 150 cm³/mol. The Kier molecular flexibility index (Phi) is 8.15. The number of hydrogen-bond donors (Lipinski definition) is 3. The van der Waals surface area contributed by atoms with Crippen LogP contribution in [0.15, 0.2) is 24.4 Å². The first kappa shape index (κ1) is 26.5. The van der Waals surface area contributed by atoms with Crippen molar-refractivity contribution in [3.8, 4) is 5.75 Å². The molecule has 0 saturated carbocycles. The highest BCUT2D eigenvalue weighted by Crippen LogP contribution is 2.39. The average Bonchev–Trinajstić information content (AvgIpc) is 2.95. The van der Waals surface area contributed by atoms with E-state index in [-0.39, 0.29) is 31.2 Å². The molecule has 3 aliphatic rings. The zero-order chi connectivity index (χ0) is 26.6. The lowest BCUT2D eigenvalue weighted by Crippen LogP contribution is -2.58. The number of fused-ring (bicyclic) bond motifs is 1. The topological polar surface area (TPSA) is 109 Å². The highest BCUT2D eigenvalue weighted by atomic mass is 16.5. The molecule has 11 nitrogen and oxygen atoms in total. The van der Waals surface area contributed by atoms with Crippen molar-refractivity contribution in [1.82, 2.24) is 20.2 Å². The van der Waals surface area contributed by atoms with E-state index in [1.165, 1.54) is 0 Å². The molecule has 1 amide bonds. The molecule has 0 unspecified atom stereocenters. The molecule has 4 heterocycles. The van der Waals surface area contributed by atoms with E-state index >= 15 is 0 Å². The van der Waals surface area contributed by atoms with Gasteiger partial charge in [-0.05, 0) is 57.6 Å². The van der Waals surface area contributed by atoms with Crippen molar-refractivity contribution in [3.63, 3.8) is 0 Å². The highest BCUT2D eigenvalue weighted by molar-refractivity contribution is 6.04. The first-order chi connectivity index (χ1) is 18.5. The Bertz CT molecular complexity index is 1120. The number of aliphatic hydroxyl groups excluding tert-OH is 1. The molecule has 2 saturated heterocycles. The van der Waals surface area contributed by atoms with Crippen molar-refractivity contribution in [2.45, 2.75) is 38.3 Å². The molecule has 0 radical (unpaired) electrons. The summed E-state index contributed by atoms with van der Waals surface area (Å²) in [5.74, 6) is 1.95. The maximum Gasteiger partial charge on any atom is 0.249 e. The molecule has 3 aliphatic heterocycles. The minimum absolute atomic E-state index is 0.0705. The van der Waals surface area contributed by atoms with E-state index in [9.17, 15) is 9.90 Å². The van der Waals surface area contributed by atoms with Gasteiger partial charge >= 0.3 is 0 Å². The van der Waals surface area contributed by atoms with Crippen LogP contribution in [0.25, 0.3) is 0 Å². The summed E-state index contributed by atoms with van der Waals surface area (Å²) >= 11 is 0. The number of piperidine rings is 1. The number of nitrogens with zero attached hydrogens (tertiary/aromatic N) is 6. The monoisotopic (exact) mass is 524 g/mol. The lowest BCUT2D eigenvalue weighted by atomic mass is 9.98. The Morgan fingerprint density at radius 3 is 2.63 bits per heavy atom.